The fourth-order valence-electron chi connectivity index (χ4n) is 2.81. The van der Waals surface area contributed by atoms with Gasteiger partial charge in [-0.2, -0.15) is 5.10 Å². The van der Waals surface area contributed by atoms with Gasteiger partial charge >= 0.3 is 6.03 Å². The van der Waals surface area contributed by atoms with Crippen LogP contribution in [0.3, 0.4) is 0 Å². The summed E-state index contributed by atoms with van der Waals surface area (Å²) in [7, 11) is 0. The summed E-state index contributed by atoms with van der Waals surface area (Å²) in [6, 6.07) is 16.4. The van der Waals surface area contributed by atoms with E-state index in [1.807, 2.05) is 48.7 Å². The molecule has 0 radical (unpaired) electrons. The molecule has 0 aliphatic carbocycles. The molecule has 0 saturated carbocycles. The summed E-state index contributed by atoms with van der Waals surface area (Å²) in [5, 5.41) is 12.5. The van der Waals surface area contributed by atoms with Gasteiger partial charge in [0.1, 0.15) is 12.4 Å². The lowest BCUT2D eigenvalue weighted by Gasteiger charge is -2.10. The van der Waals surface area contributed by atoms with Gasteiger partial charge in [-0.3, -0.25) is 9.48 Å². The highest BCUT2D eigenvalue weighted by Crippen LogP contribution is 2.17. The Kier molecular flexibility index (Phi) is 7.43. The number of carbonyl (C=O) groups is 2. The van der Waals surface area contributed by atoms with Crippen LogP contribution in [-0.4, -0.2) is 34.9 Å². The Bertz CT molecular complexity index is 955. The van der Waals surface area contributed by atoms with Gasteiger partial charge in [0, 0.05) is 43.3 Å². The van der Waals surface area contributed by atoms with Crippen LogP contribution in [0.2, 0.25) is 0 Å². The Morgan fingerprint density at radius 3 is 2.60 bits per heavy atom. The van der Waals surface area contributed by atoms with Crippen molar-refractivity contribution in [3.05, 3.63) is 72.6 Å². The first kappa shape index (κ1) is 20.9. The third-order valence-electron chi connectivity index (χ3n) is 4.21. The highest BCUT2D eigenvalue weighted by molar-refractivity contribution is 5.89. The molecule has 2 aromatic carbocycles. The summed E-state index contributed by atoms with van der Waals surface area (Å²) < 4.78 is 7.51. The Labute approximate surface area is 175 Å². The second-order valence-electron chi connectivity index (χ2n) is 6.65. The van der Waals surface area contributed by atoms with Crippen LogP contribution in [0.4, 0.5) is 16.2 Å². The molecule has 3 aromatic rings. The first-order valence-corrected chi connectivity index (χ1v) is 9.70. The third kappa shape index (κ3) is 6.97. The maximum absolute atomic E-state index is 12.1. The van der Waals surface area contributed by atoms with Gasteiger partial charge < -0.3 is 20.7 Å². The first-order chi connectivity index (χ1) is 14.6. The fourth-order valence-corrected chi connectivity index (χ4v) is 2.81. The Morgan fingerprint density at radius 1 is 1.03 bits per heavy atom. The van der Waals surface area contributed by atoms with Crippen LogP contribution in [0.5, 0.6) is 5.75 Å². The maximum Gasteiger partial charge on any atom is 0.319 e. The van der Waals surface area contributed by atoms with Crippen LogP contribution in [0.15, 0.2) is 67.0 Å². The number of anilines is 2. The Morgan fingerprint density at radius 2 is 1.87 bits per heavy atom. The molecule has 1 heterocycles. The number of ether oxygens (including phenoxy) is 1. The third-order valence-corrected chi connectivity index (χ3v) is 4.21. The first-order valence-electron chi connectivity index (χ1n) is 9.70. The van der Waals surface area contributed by atoms with Crippen LogP contribution in [0.25, 0.3) is 0 Å². The van der Waals surface area contributed by atoms with Gasteiger partial charge in [-0.1, -0.05) is 18.2 Å². The van der Waals surface area contributed by atoms with E-state index in [0.29, 0.717) is 37.6 Å². The maximum atomic E-state index is 12.1. The zero-order chi connectivity index (χ0) is 21.2. The molecule has 0 bridgehead atoms. The van der Waals surface area contributed by atoms with E-state index in [2.05, 4.69) is 21.0 Å². The molecule has 0 saturated heterocycles. The highest BCUT2D eigenvalue weighted by Gasteiger charge is 2.04. The minimum atomic E-state index is -0.279. The summed E-state index contributed by atoms with van der Waals surface area (Å²) in [6.07, 6.45) is 4.29. The largest absolute Gasteiger partial charge is 0.492 e. The smallest absolute Gasteiger partial charge is 0.319 e. The zero-order valence-corrected chi connectivity index (χ0v) is 16.8. The van der Waals surface area contributed by atoms with Gasteiger partial charge in [0.2, 0.25) is 5.91 Å². The number of hydrogen-bond acceptors (Lipinski definition) is 4. The SMILES string of the molecule is CC(=O)Nc1ccc(CCNC(=O)Nc2cccc(OCCn3cccn3)c2)cc1. The number of hydrogen-bond donors (Lipinski definition) is 3. The summed E-state index contributed by atoms with van der Waals surface area (Å²) in [5.41, 5.74) is 2.48. The van der Waals surface area contributed by atoms with Gasteiger partial charge in [0.25, 0.3) is 0 Å². The standard InChI is InChI=1S/C22H25N5O3/c1-17(28)25-19-8-6-18(7-9-19)10-12-23-22(29)26-20-4-2-5-21(16-20)30-15-14-27-13-3-11-24-27/h2-9,11,13,16H,10,12,14-15H2,1H3,(H,25,28)(H2,23,26,29). The van der Waals surface area contributed by atoms with E-state index in [-0.39, 0.29) is 11.9 Å². The molecule has 0 unspecified atom stereocenters. The van der Waals surface area contributed by atoms with Crippen LogP contribution >= 0.6 is 0 Å². The van der Waals surface area contributed by atoms with Crippen molar-refractivity contribution in [3.63, 3.8) is 0 Å². The lowest BCUT2D eigenvalue weighted by atomic mass is 10.1. The number of nitrogens with zero attached hydrogens (tertiary/aromatic N) is 2. The molecule has 8 nitrogen and oxygen atoms in total. The topological polar surface area (TPSA) is 97.3 Å². The van der Waals surface area contributed by atoms with E-state index in [0.717, 1.165) is 11.3 Å². The molecule has 0 aliphatic rings. The lowest BCUT2D eigenvalue weighted by Crippen LogP contribution is -2.30. The van der Waals surface area contributed by atoms with Crippen molar-refractivity contribution in [1.82, 2.24) is 15.1 Å². The van der Waals surface area contributed by atoms with E-state index in [9.17, 15) is 9.59 Å². The van der Waals surface area contributed by atoms with Crippen LogP contribution in [0, 0.1) is 0 Å². The Balaban J connectivity index is 1.39. The summed E-state index contributed by atoms with van der Waals surface area (Å²) in [5.74, 6) is 0.577. The van der Waals surface area contributed by atoms with Gasteiger partial charge in [-0.25, -0.2) is 4.79 Å². The van der Waals surface area contributed by atoms with E-state index in [4.69, 9.17) is 4.74 Å². The molecule has 30 heavy (non-hydrogen) atoms. The summed E-state index contributed by atoms with van der Waals surface area (Å²) >= 11 is 0. The van der Waals surface area contributed by atoms with Gasteiger partial charge in [0.15, 0.2) is 0 Å². The number of carbonyl (C=O) groups excluding carboxylic acids is 2. The van der Waals surface area contributed by atoms with Crippen LogP contribution < -0.4 is 20.7 Å². The Hall–Kier alpha value is -3.81. The van der Waals surface area contributed by atoms with E-state index in [1.54, 1.807) is 23.0 Å². The minimum absolute atomic E-state index is 0.103. The molecule has 1 aromatic heterocycles. The van der Waals surface area contributed by atoms with Crippen LogP contribution in [-0.2, 0) is 17.8 Å². The summed E-state index contributed by atoms with van der Waals surface area (Å²) in [6.45, 7) is 3.10. The number of urea groups is 1. The molecule has 3 amide bonds. The van der Waals surface area contributed by atoms with Crippen molar-refractivity contribution in [1.29, 1.82) is 0 Å². The molecule has 8 heteroatoms. The zero-order valence-electron chi connectivity index (χ0n) is 16.8. The number of amides is 3. The van der Waals surface area contributed by atoms with Crippen molar-refractivity contribution >= 4 is 23.3 Å². The molecular formula is C22H25N5O3. The van der Waals surface area contributed by atoms with E-state index >= 15 is 0 Å². The highest BCUT2D eigenvalue weighted by atomic mass is 16.5. The average molecular weight is 407 g/mol. The number of rotatable bonds is 9. The van der Waals surface area contributed by atoms with Crippen molar-refractivity contribution < 1.29 is 14.3 Å². The molecule has 0 fully saturated rings. The predicted molar refractivity (Wildman–Crippen MR) is 116 cm³/mol. The lowest BCUT2D eigenvalue weighted by molar-refractivity contribution is -0.114. The van der Waals surface area contributed by atoms with E-state index in [1.165, 1.54) is 6.92 Å². The molecule has 3 N–H and O–H groups in total. The predicted octanol–water partition coefficient (Wildman–Crippen LogP) is 3.28. The quantitative estimate of drug-likeness (QED) is 0.507. The van der Waals surface area contributed by atoms with Gasteiger partial charge in [-0.15, -0.1) is 0 Å². The summed E-state index contributed by atoms with van der Waals surface area (Å²) in [4.78, 5) is 23.2. The minimum Gasteiger partial charge on any atom is -0.492 e. The van der Waals surface area contributed by atoms with Gasteiger partial charge in [0.05, 0.1) is 6.54 Å². The normalized spacial score (nSPS) is 10.3. The van der Waals surface area contributed by atoms with Gasteiger partial charge in [-0.05, 0) is 42.3 Å². The number of aromatic nitrogens is 2. The molecule has 156 valence electrons. The average Bonchev–Trinajstić information content (AvgIpc) is 3.23. The molecule has 0 spiro atoms. The number of benzene rings is 2. The molecule has 3 rings (SSSR count). The van der Waals surface area contributed by atoms with Crippen molar-refractivity contribution in [2.75, 3.05) is 23.8 Å². The second-order valence-corrected chi connectivity index (χ2v) is 6.65. The fraction of sp³-hybridized carbons (Fsp3) is 0.227. The van der Waals surface area contributed by atoms with Crippen molar-refractivity contribution in [2.45, 2.75) is 19.9 Å². The number of nitrogens with one attached hydrogen (secondary N) is 3. The molecule has 0 aliphatic heterocycles. The second kappa shape index (κ2) is 10.7. The van der Waals surface area contributed by atoms with Crippen molar-refractivity contribution in [2.24, 2.45) is 0 Å². The molecule has 0 atom stereocenters. The van der Waals surface area contributed by atoms with E-state index < -0.39 is 0 Å². The monoisotopic (exact) mass is 407 g/mol. The molecular weight excluding hydrogens is 382 g/mol. The van der Waals surface area contributed by atoms with Crippen LogP contribution in [0.1, 0.15) is 12.5 Å². The van der Waals surface area contributed by atoms with Crippen molar-refractivity contribution in [3.8, 4) is 5.75 Å².